The van der Waals surface area contributed by atoms with E-state index in [0.717, 1.165) is 5.71 Å². The Morgan fingerprint density at radius 3 is 2.88 bits per heavy atom. The maximum atomic E-state index is 10.3. The van der Waals surface area contributed by atoms with Crippen molar-refractivity contribution < 1.29 is 4.79 Å². The number of rotatable bonds is 1. The number of amides is 1. The molecular formula is C4H4ClNOS. The second-order valence-corrected chi connectivity index (χ2v) is 2.56. The summed E-state index contributed by atoms with van der Waals surface area (Å²) in [6.45, 7) is 0. The van der Waals surface area contributed by atoms with Crippen molar-refractivity contribution in [3.05, 3.63) is 0 Å². The highest BCUT2D eigenvalue weighted by molar-refractivity contribution is 8.14. The van der Waals surface area contributed by atoms with Crippen LogP contribution in [0.4, 0.5) is 4.79 Å². The van der Waals surface area contributed by atoms with E-state index in [4.69, 9.17) is 11.6 Å². The van der Waals surface area contributed by atoms with Gasteiger partial charge in [-0.2, -0.15) is 0 Å². The van der Waals surface area contributed by atoms with Gasteiger partial charge in [0.2, 0.25) is 0 Å². The van der Waals surface area contributed by atoms with Gasteiger partial charge < -0.3 is 0 Å². The Kier molecular flexibility index (Phi) is 1.91. The van der Waals surface area contributed by atoms with Crippen LogP contribution >= 0.6 is 23.4 Å². The fourth-order valence-electron chi connectivity index (χ4n) is 0.407. The first kappa shape index (κ1) is 6.11. The van der Waals surface area contributed by atoms with Gasteiger partial charge in [0.05, 0.1) is 5.88 Å². The molecule has 0 N–H and O–H groups in total. The van der Waals surface area contributed by atoms with E-state index in [-0.39, 0.29) is 5.24 Å². The minimum atomic E-state index is -0.111. The normalized spacial score (nSPS) is 19.1. The van der Waals surface area contributed by atoms with Crippen molar-refractivity contribution in [2.45, 2.75) is 0 Å². The third kappa shape index (κ3) is 1.23. The minimum absolute atomic E-state index is 0.111. The smallest absolute Gasteiger partial charge is 0.259 e. The van der Waals surface area contributed by atoms with Crippen molar-refractivity contribution in [3.8, 4) is 0 Å². The van der Waals surface area contributed by atoms with E-state index >= 15 is 0 Å². The predicted molar refractivity (Wildman–Crippen MR) is 36.0 cm³/mol. The third-order valence-corrected chi connectivity index (χ3v) is 1.89. The molecule has 1 heterocycles. The third-order valence-electron chi connectivity index (χ3n) is 0.766. The number of carbonyl (C=O) groups excluding carboxylic acids is 1. The SMILES string of the molecule is O=C1N=C(CCl)CS1. The Hall–Kier alpha value is -0.0200. The van der Waals surface area contributed by atoms with E-state index in [1.165, 1.54) is 11.8 Å². The Balaban J connectivity index is 2.57. The predicted octanol–water partition coefficient (Wildman–Crippen LogP) is 1.53. The maximum Gasteiger partial charge on any atom is 0.305 e. The highest BCUT2D eigenvalue weighted by Crippen LogP contribution is 2.13. The molecule has 0 radical (unpaired) electrons. The molecule has 0 saturated carbocycles. The first-order valence-electron chi connectivity index (χ1n) is 2.12. The molecule has 0 fully saturated rings. The lowest BCUT2D eigenvalue weighted by Gasteiger charge is -1.81. The number of thioether (sulfide) groups is 1. The van der Waals surface area contributed by atoms with Gasteiger partial charge in [-0.3, -0.25) is 4.79 Å². The summed E-state index contributed by atoms with van der Waals surface area (Å²) in [5.74, 6) is 1.07. The zero-order valence-corrected chi connectivity index (χ0v) is 5.63. The Morgan fingerprint density at radius 2 is 2.62 bits per heavy atom. The molecule has 1 amide bonds. The molecule has 0 saturated heterocycles. The molecule has 4 heteroatoms. The number of nitrogens with zero attached hydrogens (tertiary/aromatic N) is 1. The van der Waals surface area contributed by atoms with Gasteiger partial charge in [-0.25, -0.2) is 4.99 Å². The fraction of sp³-hybridized carbons (Fsp3) is 0.500. The molecule has 0 bridgehead atoms. The number of hydrogen-bond acceptors (Lipinski definition) is 2. The van der Waals surface area contributed by atoms with Crippen LogP contribution in [0.1, 0.15) is 0 Å². The van der Waals surface area contributed by atoms with Gasteiger partial charge in [0, 0.05) is 11.5 Å². The van der Waals surface area contributed by atoms with Crippen molar-refractivity contribution in [1.29, 1.82) is 0 Å². The molecule has 1 rings (SSSR count). The summed E-state index contributed by atoms with van der Waals surface area (Å²) < 4.78 is 0. The largest absolute Gasteiger partial charge is 0.305 e. The summed E-state index contributed by atoms with van der Waals surface area (Å²) >= 11 is 6.58. The molecule has 0 aromatic carbocycles. The van der Waals surface area contributed by atoms with Gasteiger partial charge in [0.25, 0.3) is 0 Å². The van der Waals surface area contributed by atoms with E-state index in [9.17, 15) is 4.79 Å². The topological polar surface area (TPSA) is 29.4 Å². The van der Waals surface area contributed by atoms with Crippen LogP contribution in [0.25, 0.3) is 0 Å². The van der Waals surface area contributed by atoms with Crippen LogP contribution in [0.5, 0.6) is 0 Å². The first-order valence-corrected chi connectivity index (χ1v) is 3.64. The molecule has 0 atom stereocenters. The van der Waals surface area contributed by atoms with Crippen molar-refractivity contribution in [3.63, 3.8) is 0 Å². The van der Waals surface area contributed by atoms with E-state index in [0.29, 0.717) is 11.6 Å². The summed E-state index contributed by atoms with van der Waals surface area (Å²) in [6.07, 6.45) is 0. The highest BCUT2D eigenvalue weighted by atomic mass is 35.5. The van der Waals surface area contributed by atoms with Gasteiger partial charge in [0.1, 0.15) is 0 Å². The van der Waals surface area contributed by atoms with E-state index in [1.54, 1.807) is 0 Å². The van der Waals surface area contributed by atoms with Gasteiger partial charge in [-0.15, -0.1) is 11.6 Å². The minimum Gasteiger partial charge on any atom is -0.259 e. The number of halogens is 1. The first-order chi connectivity index (χ1) is 3.83. The van der Waals surface area contributed by atoms with Gasteiger partial charge in [-0.05, 0) is 0 Å². The second-order valence-electron chi connectivity index (χ2n) is 1.37. The lowest BCUT2D eigenvalue weighted by Crippen LogP contribution is -1.96. The van der Waals surface area contributed by atoms with Gasteiger partial charge in [0.15, 0.2) is 0 Å². The van der Waals surface area contributed by atoms with E-state index in [2.05, 4.69) is 4.99 Å². The molecule has 1 aliphatic rings. The quantitative estimate of drug-likeness (QED) is 0.530. The maximum absolute atomic E-state index is 10.3. The molecule has 2 nitrogen and oxygen atoms in total. The van der Waals surface area contributed by atoms with Crippen LogP contribution in [0.2, 0.25) is 0 Å². The average Bonchev–Trinajstić information content (AvgIpc) is 2.14. The summed E-state index contributed by atoms with van der Waals surface area (Å²) in [5, 5.41) is -0.111. The summed E-state index contributed by atoms with van der Waals surface area (Å²) in [6, 6.07) is 0. The zero-order chi connectivity index (χ0) is 5.98. The van der Waals surface area contributed by atoms with Gasteiger partial charge in [-0.1, -0.05) is 11.8 Å². The number of hydrogen-bond donors (Lipinski definition) is 0. The van der Waals surface area contributed by atoms with Crippen LogP contribution in [0.15, 0.2) is 4.99 Å². The summed E-state index contributed by atoms with van der Waals surface area (Å²) in [4.78, 5) is 13.9. The number of alkyl halides is 1. The molecule has 44 valence electrons. The van der Waals surface area contributed by atoms with E-state index in [1.807, 2.05) is 0 Å². The molecule has 0 unspecified atom stereocenters. The molecular weight excluding hydrogens is 146 g/mol. The van der Waals surface area contributed by atoms with Crippen LogP contribution in [0, 0.1) is 0 Å². The molecule has 8 heavy (non-hydrogen) atoms. The lowest BCUT2D eigenvalue weighted by atomic mass is 10.5. The Bertz CT molecular complexity index is 145. The van der Waals surface area contributed by atoms with Crippen molar-refractivity contribution >= 4 is 34.3 Å². The molecule has 1 aliphatic heterocycles. The molecule has 0 spiro atoms. The average molecular weight is 150 g/mol. The summed E-state index contributed by atoms with van der Waals surface area (Å²) in [7, 11) is 0. The van der Waals surface area contributed by atoms with Crippen molar-refractivity contribution in [1.82, 2.24) is 0 Å². The second kappa shape index (κ2) is 2.51. The molecule has 0 aromatic heterocycles. The highest BCUT2D eigenvalue weighted by Gasteiger charge is 2.12. The summed E-state index contributed by atoms with van der Waals surface area (Å²) in [5.41, 5.74) is 0.793. The Morgan fingerprint density at radius 1 is 1.88 bits per heavy atom. The van der Waals surface area contributed by atoms with Crippen molar-refractivity contribution in [2.75, 3.05) is 11.6 Å². The standard InChI is InChI=1S/C4H4ClNOS/c5-1-3-2-8-4(7)6-3/h1-2H2. The van der Waals surface area contributed by atoms with E-state index < -0.39 is 0 Å². The Labute approximate surface area is 56.3 Å². The fourth-order valence-corrected chi connectivity index (χ4v) is 1.32. The number of carbonyl (C=O) groups is 1. The molecule has 0 aliphatic carbocycles. The monoisotopic (exact) mass is 149 g/mol. The van der Waals surface area contributed by atoms with Gasteiger partial charge >= 0.3 is 5.24 Å². The van der Waals surface area contributed by atoms with Crippen molar-refractivity contribution in [2.24, 2.45) is 4.99 Å². The van der Waals surface area contributed by atoms with Crippen LogP contribution in [-0.4, -0.2) is 22.6 Å². The van der Waals surface area contributed by atoms with Crippen LogP contribution in [0.3, 0.4) is 0 Å². The van der Waals surface area contributed by atoms with Crippen LogP contribution < -0.4 is 0 Å². The number of aliphatic imine (C=N–C) groups is 1. The molecule has 0 aromatic rings. The lowest BCUT2D eigenvalue weighted by molar-refractivity contribution is 0.268. The zero-order valence-electron chi connectivity index (χ0n) is 4.06. The van der Waals surface area contributed by atoms with Crippen LogP contribution in [-0.2, 0) is 0 Å².